The van der Waals surface area contributed by atoms with E-state index in [-0.39, 0.29) is 23.8 Å². The number of aromatic nitrogens is 4. The van der Waals surface area contributed by atoms with Gasteiger partial charge in [0.25, 0.3) is 0 Å². The van der Waals surface area contributed by atoms with Gasteiger partial charge in [0.05, 0.1) is 24.3 Å². The van der Waals surface area contributed by atoms with Gasteiger partial charge < -0.3 is 14.5 Å². The van der Waals surface area contributed by atoms with Crippen molar-refractivity contribution in [3.05, 3.63) is 58.6 Å². The number of furan rings is 1. The maximum atomic E-state index is 12.6. The van der Waals surface area contributed by atoms with Gasteiger partial charge in [0.1, 0.15) is 16.3 Å². The number of hydrogen-bond donors (Lipinski definition) is 1. The predicted octanol–water partition coefficient (Wildman–Crippen LogP) is 4.54. The third kappa shape index (κ3) is 4.85. The number of carbonyl (C=O) groups is 2. The molecule has 0 atom stereocenters. The number of hydrogen-bond acceptors (Lipinski definition) is 9. The molecule has 0 unspecified atom stereocenters. The number of ether oxygens (including phenoxy) is 1. The zero-order valence-corrected chi connectivity index (χ0v) is 19.0. The second kappa shape index (κ2) is 9.98. The van der Waals surface area contributed by atoms with Gasteiger partial charge in [0, 0.05) is 16.0 Å². The van der Waals surface area contributed by atoms with Gasteiger partial charge in [-0.3, -0.25) is 4.79 Å². The summed E-state index contributed by atoms with van der Waals surface area (Å²) in [5.74, 6) is -0.306. The molecule has 164 valence electrons. The zero-order chi connectivity index (χ0) is 22.5. The summed E-state index contributed by atoms with van der Waals surface area (Å²) in [6.45, 7) is 1.93. The van der Waals surface area contributed by atoms with Crippen molar-refractivity contribution in [2.24, 2.45) is 0 Å². The Hall–Kier alpha value is -3.15. The Bertz CT molecular complexity index is 1220. The van der Waals surface area contributed by atoms with E-state index in [1.165, 1.54) is 22.3 Å². The highest BCUT2D eigenvalue weighted by Crippen LogP contribution is 2.36. The third-order valence-corrected chi connectivity index (χ3v) is 6.22. The molecule has 0 aliphatic carbocycles. The average Bonchev–Trinajstić information content (AvgIpc) is 3.53. The number of esters is 1. The number of benzene rings is 1. The monoisotopic (exact) mass is 489 g/mol. The molecule has 0 aliphatic heterocycles. The second-order valence-corrected chi connectivity index (χ2v) is 8.50. The first kappa shape index (κ1) is 22.1. The molecule has 1 N–H and O–H groups in total. The number of amides is 1. The van der Waals surface area contributed by atoms with Gasteiger partial charge in [-0.2, -0.15) is 4.68 Å². The quantitative estimate of drug-likeness (QED) is 0.283. The Morgan fingerprint density at radius 3 is 2.81 bits per heavy atom. The molecule has 3 heterocycles. The van der Waals surface area contributed by atoms with Crippen LogP contribution in [0.15, 0.2) is 57.6 Å². The lowest BCUT2D eigenvalue weighted by Crippen LogP contribution is -2.16. The average molecular weight is 490 g/mol. The molecule has 12 heteroatoms. The number of tetrazole rings is 1. The van der Waals surface area contributed by atoms with Gasteiger partial charge in [-0.15, -0.1) is 16.4 Å². The van der Waals surface area contributed by atoms with Crippen molar-refractivity contribution in [1.82, 2.24) is 20.2 Å². The molecule has 0 fully saturated rings. The van der Waals surface area contributed by atoms with E-state index in [9.17, 15) is 9.59 Å². The molecule has 9 nitrogen and oxygen atoms in total. The van der Waals surface area contributed by atoms with Crippen molar-refractivity contribution in [3.63, 3.8) is 0 Å². The summed E-state index contributed by atoms with van der Waals surface area (Å²) in [6.07, 6.45) is 1.52. The predicted molar refractivity (Wildman–Crippen MR) is 121 cm³/mol. The SMILES string of the molecule is CCOC(=O)c1c(-c2ccco2)csc1NC(=O)CSc1nnnn1-c1ccc(Cl)cc1. The van der Waals surface area contributed by atoms with E-state index in [1.807, 2.05) is 0 Å². The standard InChI is InChI=1S/C20H16ClN5O4S2/c1-2-29-19(28)17-14(15-4-3-9-30-15)10-31-18(17)22-16(27)11-32-20-23-24-25-26(20)13-7-5-12(21)6-8-13/h3-10H,2,11H2,1H3,(H,22,27). The third-order valence-electron chi connectivity index (χ3n) is 4.15. The molecule has 0 radical (unpaired) electrons. The van der Waals surface area contributed by atoms with Crippen molar-refractivity contribution in [2.45, 2.75) is 12.1 Å². The van der Waals surface area contributed by atoms with Crippen molar-refractivity contribution >= 4 is 51.6 Å². The number of carbonyl (C=O) groups excluding carboxylic acids is 2. The molecular weight excluding hydrogens is 474 g/mol. The van der Waals surface area contributed by atoms with Gasteiger partial charge in [-0.05, 0) is 53.7 Å². The van der Waals surface area contributed by atoms with Crippen molar-refractivity contribution in [2.75, 3.05) is 17.7 Å². The normalized spacial score (nSPS) is 10.8. The topological polar surface area (TPSA) is 112 Å². The first-order valence-corrected chi connectivity index (χ1v) is 11.6. The largest absolute Gasteiger partial charge is 0.464 e. The smallest absolute Gasteiger partial charge is 0.341 e. The fourth-order valence-corrected chi connectivity index (χ4v) is 4.55. The number of anilines is 1. The van der Waals surface area contributed by atoms with Crippen LogP contribution in [0.4, 0.5) is 5.00 Å². The van der Waals surface area contributed by atoms with E-state index >= 15 is 0 Å². The lowest BCUT2D eigenvalue weighted by Gasteiger charge is -2.08. The minimum Gasteiger partial charge on any atom is -0.464 e. The fourth-order valence-electron chi connectivity index (χ4n) is 2.78. The Morgan fingerprint density at radius 1 is 1.28 bits per heavy atom. The second-order valence-electron chi connectivity index (χ2n) is 6.24. The van der Waals surface area contributed by atoms with Crippen LogP contribution >= 0.6 is 34.7 Å². The summed E-state index contributed by atoms with van der Waals surface area (Å²) >= 11 is 8.31. The zero-order valence-electron chi connectivity index (χ0n) is 16.6. The number of thioether (sulfide) groups is 1. The minimum atomic E-state index is -0.533. The van der Waals surface area contributed by atoms with Gasteiger partial charge in [0.2, 0.25) is 11.1 Å². The Balaban J connectivity index is 1.48. The van der Waals surface area contributed by atoms with Crippen molar-refractivity contribution in [3.8, 4) is 17.0 Å². The number of nitrogens with one attached hydrogen (secondary N) is 1. The van der Waals surface area contributed by atoms with Crippen LogP contribution in [0.3, 0.4) is 0 Å². The van der Waals surface area contributed by atoms with Gasteiger partial charge in [-0.1, -0.05) is 23.4 Å². The summed E-state index contributed by atoms with van der Waals surface area (Å²) in [7, 11) is 0. The van der Waals surface area contributed by atoms with Crippen LogP contribution in [0, 0.1) is 0 Å². The summed E-state index contributed by atoms with van der Waals surface area (Å²) in [4.78, 5) is 25.2. The lowest BCUT2D eigenvalue weighted by molar-refractivity contribution is -0.113. The van der Waals surface area contributed by atoms with Crippen LogP contribution in [-0.4, -0.2) is 44.4 Å². The molecular formula is C20H16ClN5O4S2. The molecule has 4 aromatic rings. The van der Waals surface area contributed by atoms with E-state index in [4.69, 9.17) is 20.8 Å². The fraction of sp³-hybridized carbons (Fsp3) is 0.150. The van der Waals surface area contributed by atoms with Crippen LogP contribution in [-0.2, 0) is 9.53 Å². The van der Waals surface area contributed by atoms with E-state index < -0.39 is 5.97 Å². The van der Waals surface area contributed by atoms with E-state index in [1.54, 1.807) is 48.7 Å². The molecule has 3 aromatic heterocycles. The van der Waals surface area contributed by atoms with E-state index in [0.717, 1.165) is 11.8 Å². The maximum Gasteiger partial charge on any atom is 0.341 e. The molecule has 32 heavy (non-hydrogen) atoms. The molecule has 1 aromatic carbocycles. The molecule has 4 rings (SSSR count). The molecule has 0 saturated heterocycles. The summed E-state index contributed by atoms with van der Waals surface area (Å²) in [5, 5.41) is 17.6. The van der Waals surface area contributed by atoms with Crippen LogP contribution in [0.1, 0.15) is 17.3 Å². The van der Waals surface area contributed by atoms with Crippen molar-refractivity contribution < 1.29 is 18.7 Å². The molecule has 0 saturated carbocycles. The maximum absolute atomic E-state index is 12.6. The van der Waals surface area contributed by atoms with Gasteiger partial charge in [-0.25, -0.2) is 4.79 Å². The first-order chi connectivity index (χ1) is 15.6. The Morgan fingerprint density at radius 2 is 2.09 bits per heavy atom. The number of rotatable bonds is 8. The Kier molecular flexibility index (Phi) is 6.88. The summed E-state index contributed by atoms with van der Waals surface area (Å²) in [5.41, 5.74) is 1.54. The van der Waals surface area contributed by atoms with Crippen LogP contribution in [0.2, 0.25) is 5.02 Å². The lowest BCUT2D eigenvalue weighted by atomic mass is 10.1. The first-order valence-electron chi connectivity index (χ1n) is 9.36. The Labute approximate surface area is 195 Å². The summed E-state index contributed by atoms with van der Waals surface area (Å²) in [6, 6.07) is 10.5. The molecule has 0 aliphatic rings. The highest BCUT2D eigenvalue weighted by atomic mass is 35.5. The van der Waals surface area contributed by atoms with E-state index in [2.05, 4.69) is 20.8 Å². The number of nitrogens with zero attached hydrogens (tertiary/aromatic N) is 4. The highest BCUT2D eigenvalue weighted by Gasteiger charge is 2.24. The van der Waals surface area contributed by atoms with Gasteiger partial charge >= 0.3 is 5.97 Å². The van der Waals surface area contributed by atoms with Crippen molar-refractivity contribution in [1.29, 1.82) is 0 Å². The molecule has 1 amide bonds. The van der Waals surface area contributed by atoms with Crippen LogP contribution in [0.25, 0.3) is 17.0 Å². The van der Waals surface area contributed by atoms with Gasteiger partial charge in [0.15, 0.2) is 0 Å². The molecule has 0 spiro atoms. The number of halogens is 1. The number of thiophene rings is 1. The molecule has 0 bridgehead atoms. The van der Waals surface area contributed by atoms with E-state index in [0.29, 0.717) is 32.2 Å². The highest BCUT2D eigenvalue weighted by molar-refractivity contribution is 7.99. The summed E-state index contributed by atoms with van der Waals surface area (Å²) < 4.78 is 12.1. The minimum absolute atomic E-state index is 0.0320. The van der Waals surface area contributed by atoms with Crippen LogP contribution < -0.4 is 5.32 Å². The van der Waals surface area contributed by atoms with Crippen LogP contribution in [0.5, 0.6) is 0 Å².